The highest BCUT2D eigenvalue weighted by Gasteiger charge is 2.17. The van der Waals surface area contributed by atoms with Gasteiger partial charge in [0, 0.05) is 29.9 Å². The van der Waals surface area contributed by atoms with Crippen molar-refractivity contribution >= 4 is 45.2 Å². The second-order valence-electron chi connectivity index (χ2n) is 8.87. The lowest BCUT2D eigenvalue weighted by Gasteiger charge is -2.14. The Hall–Kier alpha value is -3.58. The van der Waals surface area contributed by atoms with E-state index in [-0.39, 0.29) is 11.6 Å². The summed E-state index contributed by atoms with van der Waals surface area (Å²) in [6.45, 7) is 2.85. The average Bonchev–Trinajstić information content (AvgIpc) is 2.89. The van der Waals surface area contributed by atoms with Crippen molar-refractivity contribution in [3.05, 3.63) is 94.1 Å². The number of halogens is 1. The molecule has 37 heavy (non-hydrogen) atoms. The molecule has 0 aliphatic carbocycles. The van der Waals surface area contributed by atoms with Gasteiger partial charge >= 0.3 is 0 Å². The number of carbonyl (C=O) groups is 2. The number of hydrogen-bond acceptors (Lipinski definition) is 4. The van der Waals surface area contributed by atoms with E-state index in [1.54, 1.807) is 36.4 Å². The van der Waals surface area contributed by atoms with E-state index in [4.69, 9.17) is 4.74 Å². The Labute approximate surface area is 227 Å². The predicted octanol–water partition coefficient (Wildman–Crippen LogP) is 6.88. The molecule has 0 fully saturated rings. The minimum absolute atomic E-state index is 0.134. The van der Waals surface area contributed by atoms with Crippen LogP contribution in [-0.4, -0.2) is 32.5 Å². The van der Waals surface area contributed by atoms with Crippen molar-refractivity contribution in [2.75, 3.05) is 30.9 Å². The fraction of sp³-hybridized carbons (Fsp3) is 0.267. The molecule has 7 heteroatoms. The van der Waals surface area contributed by atoms with Crippen LogP contribution in [0.3, 0.4) is 0 Å². The van der Waals surface area contributed by atoms with Crippen LogP contribution in [0, 0.1) is 0 Å². The molecule has 0 heterocycles. The lowest BCUT2D eigenvalue weighted by atomic mass is 10.1. The summed E-state index contributed by atoms with van der Waals surface area (Å²) in [5.74, 6) is -0.0515. The first-order valence-electron chi connectivity index (χ1n) is 12.5. The highest BCUT2D eigenvalue weighted by molar-refractivity contribution is 9.10. The van der Waals surface area contributed by atoms with Gasteiger partial charge in [0.15, 0.2) is 0 Å². The first kappa shape index (κ1) is 28.0. The van der Waals surface area contributed by atoms with Gasteiger partial charge in [0.05, 0.1) is 12.2 Å². The molecule has 194 valence electrons. The smallest absolute Gasteiger partial charge is 0.272 e. The van der Waals surface area contributed by atoms with Crippen LogP contribution in [0.15, 0.2) is 83.0 Å². The van der Waals surface area contributed by atoms with Crippen LogP contribution < -0.4 is 20.3 Å². The number of nitrogens with one attached hydrogen (secondary N) is 2. The number of anilines is 2. The third kappa shape index (κ3) is 8.79. The van der Waals surface area contributed by atoms with Crippen LogP contribution in [0.25, 0.3) is 6.08 Å². The summed E-state index contributed by atoms with van der Waals surface area (Å²) in [6.07, 6.45) is 6.24. The molecule has 2 amide bonds. The molecule has 0 atom stereocenters. The fourth-order valence-corrected chi connectivity index (χ4v) is 4.05. The summed E-state index contributed by atoms with van der Waals surface area (Å²) in [6, 6.07) is 22.0. The van der Waals surface area contributed by atoms with Crippen LogP contribution >= 0.6 is 15.9 Å². The Balaban J connectivity index is 1.75. The number of amides is 2. The van der Waals surface area contributed by atoms with Crippen LogP contribution in [-0.2, 0) is 4.79 Å². The van der Waals surface area contributed by atoms with Gasteiger partial charge < -0.3 is 20.3 Å². The molecular weight excluding hydrogens is 530 g/mol. The normalized spacial score (nSPS) is 11.1. The summed E-state index contributed by atoms with van der Waals surface area (Å²) in [5.41, 5.74) is 3.00. The van der Waals surface area contributed by atoms with E-state index in [0.717, 1.165) is 29.8 Å². The van der Waals surface area contributed by atoms with Gasteiger partial charge in [-0.2, -0.15) is 0 Å². The van der Waals surface area contributed by atoms with Crippen molar-refractivity contribution in [1.82, 2.24) is 5.32 Å². The van der Waals surface area contributed by atoms with Crippen molar-refractivity contribution in [2.45, 2.75) is 32.6 Å². The molecule has 2 N–H and O–H groups in total. The van der Waals surface area contributed by atoms with Gasteiger partial charge in [-0.3, -0.25) is 9.59 Å². The second-order valence-corrected chi connectivity index (χ2v) is 9.72. The Kier molecular flexibility index (Phi) is 10.8. The third-order valence-electron chi connectivity index (χ3n) is 5.71. The molecule has 3 aromatic rings. The Bertz CT molecular complexity index is 1210. The molecule has 0 unspecified atom stereocenters. The number of carbonyl (C=O) groups excluding carboxylic acids is 2. The SMILES string of the molecule is CCCCCCOc1ccc(NC(=O)C(=Cc2ccc(N(C)C)cc2)NC(=O)c2ccccc2Br)cc1. The number of hydrogen-bond donors (Lipinski definition) is 2. The van der Waals surface area contributed by atoms with E-state index in [1.807, 2.05) is 61.5 Å². The summed E-state index contributed by atoms with van der Waals surface area (Å²) in [7, 11) is 3.93. The van der Waals surface area contributed by atoms with Gasteiger partial charge in [0.25, 0.3) is 11.8 Å². The maximum atomic E-state index is 13.3. The summed E-state index contributed by atoms with van der Waals surface area (Å²) in [4.78, 5) is 28.2. The quantitative estimate of drug-likeness (QED) is 0.186. The van der Waals surface area contributed by atoms with E-state index in [1.165, 1.54) is 12.8 Å². The van der Waals surface area contributed by atoms with Crippen molar-refractivity contribution in [2.24, 2.45) is 0 Å². The molecular formula is C30H34BrN3O3. The molecule has 0 aliphatic rings. The molecule has 3 aromatic carbocycles. The Morgan fingerprint density at radius 2 is 1.62 bits per heavy atom. The first-order chi connectivity index (χ1) is 17.9. The van der Waals surface area contributed by atoms with Gasteiger partial charge in [0.1, 0.15) is 11.4 Å². The van der Waals surface area contributed by atoms with E-state index >= 15 is 0 Å². The molecule has 0 saturated carbocycles. The minimum atomic E-state index is -0.426. The average molecular weight is 565 g/mol. The summed E-state index contributed by atoms with van der Waals surface area (Å²) >= 11 is 3.41. The zero-order valence-corrected chi connectivity index (χ0v) is 23.2. The van der Waals surface area contributed by atoms with E-state index in [0.29, 0.717) is 22.3 Å². The fourth-order valence-electron chi connectivity index (χ4n) is 3.58. The Morgan fingerprint density at radius 3 is 2.27 bits per heavy atom. The van der Waals surface area contributed by atoms with Crippen molar-refractivity contribution in [3.8, 4) is 5.75 Å². The monoisotopic (exact) mass is 563 g/mol. The number of benzene rings is 3. The third-order valence-corrected chi connectivity index (χ3v) is 6.40. The van der Waals surface area contributed by atoms with Gasteiger partial charge in [0.2, 0.25) is 0 Å². The van der Waals surface area contributed by atoms with Crippen molar-refractivity contribution in [1.29, 1.82) is 0 Å². The molecule has 0 spiro atoms. The highest BCUT2D eigenvalue weighted by atomic mass is 79.9. The van der Waals surface area contributed by atoms with Crippen LogP contribution in [0.5, 0.6) is 5.75 Å². The molecule has 0 saturated heterocycles. The van der Waals surface area contributed by atoms with Crippen LogP contribution in [0.4, 0.5) is 11.4 Å². The Morgan fingerprint density at radius 1 is 0.919 bits per heavy atom. The van der Waals surface area contributed by atoms with E-state index < -0.39 is 5.91 Å². The molecule has 0 aliphatic heterocycles. The zero-order valence-electron chi connectivity index (χ0n) is 21.6. The number of rotatable bonds is 12. The number of ether oxygens (including phenoxy) is 1. The predicted molar refractivity (Wildman–Crippen MR) is 155 cm³/mol. The maximum absolute atomic E-state index is 13.3. The van der Waals surface area contributed by atoms with Crippen molar-refractivity contribution < 1.29 is 14.3 Å². The van der Waals surface area contributed by atoms with E-state index in [9.17, 15) is 9.59 Å². The van der Waals surface area contributed by atoms with Gasteiger partial charge in [-0.15, -0.1) is 0 Å². The molecule has 0 aromatic heterocycles. The van der Waals surface area contributed by atoms with Gasteiger partial charge in [-0.05, 0) is 82.5 Å². The molecule has 0 bridgehead atoms. The number of nitrogens with zero attached hydrogens (tertiary/aromatic N) is 1. The minimum Gasteiger partial charge on any atom is -0.494 e. The number of unbranched alkanes of at least 4 members (excludes halogenated alkanes) is 3. The summed E-state index contributed by atoms with van der Waals surface area (Å²) < 4.78 is 6.44. The largest absolute Gasteiger partial charge is 0.494 e. The van der Waals surface area contributed by atoms with Crippen LogP contribution in [0.1, 0.15) is 48.5 Å². The lowest BCUT2D eigenvalue weighted by Crippen LogP contribution is -2.31. The van der Waals surface area contributed by atoms with Gasteiger partial charge in [-0.25, -0.2) is 0 Å². The van der Waals surface area contributed by atoms with E-state index in [2.05, 4.69) is 33.5 Å². The standard InChI is InChI=1S/C30H34BrN3O3/c1-4-5-6-9-20-37-25-18-14-23(15-19-25)32-30(36)28(21-22-12-16-24(17-13-22)34(2)3)33-29(35)26-10-7-8-11-27(26)31/h7-8,10-19,21H,4-6,9,20H2,1-3H3,(H,32,36)(H,33,35). The molecule has 3 rings (SSSR count). The molecule has 0 radical (unpaired) electrons. The highest BCUT2D eigenvalue weighted by Crippen LogP contribution is 2.20. The lowest BCUT2D eigenvalue weighted by molar-refractivity contribution is -0.113. The second kappa shape index (κ2) is 14.2. The maximum Gasteiger partial charge on any atom is 0.272 e. The van der Waals surface area contributed by atoms with Crippen LogP contribution in [0.2, 0.25) is 0 Å². The topological polar surface area (TPSA) is 70.7 Å². The first-order valence-corrected chi connectivity index (χ1v) is 13.3. The van der Waals surface area contributed by atoms with Gasteiger partial charge in [-0.1, -0.05) is 50.5 Å². The van der Waals surface area contributed by atoms with Crippen molar-refractivity contribution in [3.63, 3.8) is 0 Å². The summed E-state index contributed by atoms with van der Waals surface area (Å²) in [5, 5.41) is 5.66. The zero-order chi connectivity index (χ0) is 26.6. The molecule has 6 nitrogen and oxygen atoms in total.